The number of esters is 2. The number of fused-ring (bicyclic) bond motifs is 1. The summed E-state index contributed by atoms with van der Waals surface area (Å²) in [6.07, 6.45) is 3.41. The fourth-order valence-electron chi connectivity index (χ4n) is 3.24. The molecule has 1 fully saturated rings. The zero-order valence-corrected chi connectivity index (χ0v) is 15.7. The molecule has 6 nitrogen and oxygen atoms in total. The first-order chi connectivity index (χ1) is 12.3. The monoisotopic (exact) mass is 362 g/mol. The van der Waals surface area contributed by atoms with Gasteiger partial charge in [-0.1, -0.05) is 32.1 Å². The van der Waals surface area contributed by atoms with Crippen LogP contribution in [0, 0.1) is 11.8 Å². The molecule has 0 bridgehead atoms. The van der Waals surface area contributed by atoms with E-state index in [1.807, 2.05) is 13.0 Å². The predicted octanol–water partition coefficient (Wildman–Crippen LogP) is 2.53. The summed E-state index contributed by atoms with van der Waals surface area (Å²) >= 11 is 0. The number of hydrogen-bond donors (Lipinski definition) is 0. The smallest absolute Gasteiger partial charge is 0.334 e. The Hall–Kier alpha value is -2.21. The van der Waals surface area contributed by atoms with E-state index in [2.05, 4.69) is 6.58 Å². The second kappa shape index (κ2) is 8.45. The van der Waals surface area contributed by atoms with Crippen LogP contribution < -0.4 is 0 Å². The van der Waals surface area contributed by atoms with Crippen molar-refractivity contribution >= 4 is 18.2 Å². The molecule has 1 heterocycles. The fraction of sp³-hybridized carbons (Fsp3) is 0.550. The lowest BCUT2D eigenvalue weighted by Crippen LogP contribution is -2.44. The molecule has 1 aliphatic carbocycles. The van der Waals surface area contributed by atoms with E-state index >= 15 is 0 Å². The highest BCUT2D eigenvalue weighted by Crippen LogP contribution is 2.37. The van der Waals surface area contributed by atoms with Gasteiger partial charge in [0.25, 0.3) is 0 Å². The number of hydrogen-bond acceptors (Lipinski definition) is 6. The number of carbonyl (C=O) groups is 3. The van der Waals surface area contributed by atoms with E-state index in [0.29, 0.717) is 18.3 Å². The Bertz CT molecular complexity index is 657. The van der Waals surface area contributed by atoms with Crippen LogP contribution in [0.5, 0.6) is 0 Å². The lowest BCUT2D eigenvalue weighted by Gasteiger charge is -2.33. The van der Waals surface area contributed by atoms with Gasteiger partial charge >= 0.3 is 11.9 Å². The summed E-state index contributed by atoms with van der Waals surface area (Å²) in [6, 6.07) is 0. The lowest BCUT2D eigenvalue weighted by atomic mass is 9.83. The number of aldehydes is 1. The zero-order chi connectivity index (χ0) is 19.4. The standard InChI is InChI=1S/C20H26O6/c1-11(2)19(22)26-18-16-13(4)20(23)25-15(16)9-12(3)7-6-8-14(10-21)17(18)24-5/h8-11,15-18H,4,6-7H2,1-3,5H3/b12-9-,14-8-/t15-,16+,17+,18+/m1/s1. The van der Waals surface area contributed by atoms with E-state index in [1.54, 1.807) is 19.9 Å². The first-order valence-corrected chi connectivity index (χ1v) is 8.75. The first-order valence-electron chi connectivity index (χ1n) is 8.75. The van der Waals surface area contributed by atoms with Gasteiger partial charge in [-0.25, -0.2) is 4.79 Å². The normalized spacial score (nSPS) is 33.4. The Labute approximate surface area is 153 Å². The van der Waals surface area contributed by atoms with Crippen molar-refractivity contribution < 1.29 is 28.6 Å². The third-order valence-corrected chi connectivity index (χ3v) is 4.72. The summed E-state index contributed by atoms with van der Waals surface area (Å²) in [6.45, 7) is 9.20. The summed E-state index contributed by atoms with van der Waals surface area (Å²) in [7, 11) is 1.44. The number of carbonyl (C=O) groups excluding carboxylic acids is 3. The highest BCUT2D eigenvalue weighted by Gasteiger charge is 2.48. The molecule has 0 aromatic carbocycles. The highest BCUT2D eigenvalue weighted by molar-refractivity contribution is 5.91. The Morgan fingerprint density at radius 1 is 1.42 bits per heavy atom. The van der Waals surface area contributed by atoms with Crippen LogP contribution in [0.15, 0.2) is 35.5 Å². The second-order valence-corrected chi connectivity index (χ2v) is 7.01. The molecule has 26 heavy (non-hydrogen) atoms. The van der Waals surface area contributed by atoms with E-state index in [0.717, 1.165) is 12.0 Å². The summed E-state index contributed by atoms with van der Waals surface area (Å²) < 4.78 is 16.7. The summed E-state index contributed by atoms with van der Waals surface area (Å²) in [4.78, 5) is 36.1. The summed E-state index contributed by atoms with van der Waals surface area (Å²) in [5.41, 5.74) is 1.62. The Kier molecular flexibility index (Phi) is 6.53. The van der Waals surface area contributed by atoms with Crippen molar-refractivity contribution in [3.8, 4) is 0 Å². The molecule has 2 aliphatic rings. The molecule has 0 saturated carbocycles. The average Bonchev–Trinajstić information content (AvgIpc) is 2.86. The molecule has 6 heteroatoms. The quantitative estimate of drug-likeness (QED) is 0.331. The van der Waals surface area contributed by atoms with Crippen molar-refractivity contribution in [3.63, 3.8) is 0 Å². The predicted molar refractivity (Wildman–Crippen MR) is 95.2 cm³/mol. The van der Waals surface area contributed by atoms with Gasteiger partial charge in [0.1, 0.15) is 24.6 Å². The molecular weight excluding hydrogens is 336 g/mol. The van der Waals surface area contributed by atoms with Crippen molar-refractivity contribution in [2.24, 2.45) is 11.8 Å². The highest BCUT2D eigenvalue weighted by atomic mass is 16.6. The van der Waals surface area contributed by atoms with Crippen LogP contribution >= 0.6 is 0 Å². The second-order valence-electron chi connectivity index (χ2n) is 7.01. The van der Waals surface area contributed by atoms with Crippen LogP contribution in [0.25, 0.3) is 0 Å². The molecule has 0 radical (unpaired) electrons. The zero-order valence-electron chi connectivity index (χ0n) is 15.7. The number of allylic oxidation sites excluding steroid dienone is 2. The van der Waals surface area contributed by atoms with E-state index in [4.69, 9.17) is 14.2 Å². The minimum Gasteiger partial charge on any atom is -0.458 e. The van der Waals surface area contributed by atoms with Gasteiger partial charge in [-0.2, -0.15) is 0 Å². The molecule has 4 atom stereocenters. The number of methoxy groups -OCH3 is 1. The molecule has 0 N–H and O–H groups in total. The third kappa shape index (κ3) is 4.12. The molecule has 0 aromatic rings. The van der Waals surface area contributed by atoms with Crippen molar-refractivity contribution in [2.75, 3.05) is 7.11 Å². The molecular formula is C20H26O6. The van der Waals surface area contributed by atoms with Crippen LogP contribution in [0.4, 0.5) is 0 Å². The third-order valence-electron chi connectivity index (χ3n) is 4.72. The van der Waals surface area contributed by atoms with Crippen LogP contribution in [0.2, 0.25) is 0 Å². The molecule has 1 saturated heterocycles. The molecule has 142 valence electrons. The van der Waals surface area contributed by atoms with E-state index in [1.165, 1.54) is 7.11 Å². The maximum absolute atomic E-state index is 12.3. The van der Waals surface area contributed by atoms with Crippen LogP contribution in [0.1, 0.15) is 33.6 Å². The van der Waals surface area contributed by atoms with Crippen molar-refractivity contribution in [1.29, 1.82) is 0 Å². The van der Waals surface area contributed by atoms with E-state index in [-0.39, 0.29) is 11.5 Å². The van der Waals surface area contributed by atoms with Gasteiger partial charge in [-0.3, -0.25) is 9.59 Å². The summed E-state index contributed by atoms with van der Waals surface area (Å²) in [5, 5.41) is 0. The maximum Gasteiger partial charge on any atom is 0.334 e. The Morgan fingerprint density at radius 3 is 2.69 bits per heavy atom. The average molecular weight is 362 g/mol. The minimum absolute atomic E-state index is 0.216. The maximum atomic E-state index is 12.3. The molecule has 2 rings (SSSR count). The summed E-state index contributed by atoms with van der Waals surface area (Å²) in [5.74, 6) is -1.95. The van der Waals surface area contributed by atoms with Crippen molar-refractivity contribution in [3.05, 3.63) is 35.5 Å². The van der Waals surface area contributed by atoms with Crippen LogP contribution in [-0.2, 0) is 28.6 Å². The molecule has 0 spiro atoms. The molecule has 0 unspecified atom stereocenters. The lowest BCUT2D eigenvalue weighted by molar-refractivity contribution is -0.163. The van der Waals surface area contributed by atoms with Gasteiger partial charge in [0.15, 0.2) is 0 Å². The van der Waals surface area contributed by atoms with Crippen LogP contribution in [-0.4, -0.2) is 43.6 Å². The minimum atomic E-state index is -0.891. The van der Waals surface area contributed by atoms with Crippen molar-refractivity contribution in [1.82, 2.24) is 0 Å². The van der Waals surface area contributed by atoms with E-state index in [9.17, 15) is 14.4 Å². The molecule has 0 amide bonds. The number of rotatable bonds is 4. The van der Waals surface area contributed by atoms with Crippen LogP contribution in [0.3, 0.4) is 0 Å². The van der Waals surface area contributed by atoms with Crippen molar-refractivity contribution in [2.45, 2.75) is 51.9 Å². The van der Waals surface area contributed by atoms with Gasteiger partial charge in [0.2, 0.25) is 0 Å². The Balaban J connectivity index is 2.55. The van der Waals surface area contributed by atoms with Gasteiger partial charge in [-0.05, 0) is 25.8 Å². The van der Waals surface area contributed by atoms with Gasteiger partial charge in [0.05, 0.1) is 11.8 Å². The molecule has 0 aromatic heterocycles. The van der Waals surface area contributed by atoms with Gasteiger partial charge < -0.3 is 14.2 Å². The molecule has 1 aliphatic heterocycles. The topological polar surface area (TPSA) is 78.9 Å². The van der Waals surface area contributed by atoms with E-state index < -0.39 is 36.2 Å². The largest absolute Gasteiger partial charge is 0.458 e. The fourth-order valence-corrected chi connectivity index (χ4v) is 3.24. The number of ether oxygens (including phenoxy) is 3. The Morgan fingerprint density at radius 2 is 2.12 bits per heavy atom. The van der Waals surface area contributed by atoms with Gasteiger partial charge in [-0.15, -0.1) is 0 Å². The SMILES string of the molecule is C=C1C(=O)O[C@@H]2/C=C(/C)CC/C=C(/C=O)[C@H](OC)[C@@H](OC(=O)C(C)C)[C@@H]12. The first kappa shape index (κ1) is 20.1. The van der Waals surface area contributed by atoms with Gasteiger partial charge in [0, 0.05) is 18.3 Å².